The molecule has 90 valence electrons. The summed E-state index contributed by atoms with van der Waals surface area (Å²) in [6.07, 6.45) is 0.890. The fraction of sp³-hybridized carbons (Fsp3) is 0.133. The second-order valence-corrected chi connectivity index (χ2v) is 4.62. The van der Waals surface area contributed by atoms with Crippen LogP contribution in [0.4, 0.5) is 0 Å². The first-order chi connectivity index (χ1) is 8.79. The molecule has 0 radical (unpaired) electrons. The fourth-order valence-corrected chi connectivity index (χ4v) is 2.37. The molecule has 2 nitrogen and oxygen atoms in total. The van der Waals surface area contributed by atoms with E-state index in [1.165, 1.54) is 0 Å². The summed E-state index contributed by atoms with van der Waals surface area (Å²) in [7, 11) is 0. The van der Waals surface area contributed by atoms with Crippen molar-refractivity contribution in [2.24, 2.45) is 0 Å². The second-order valence-electron chi connectivity index (χ2n) is 4.19. The van der Waals surface area contributed by atoms with Gasteiger partial charge in [-0.25, -0.2) is 4.98 Å². The lowest BCUT2D eigenvalue weighted by Gasteiger charge is -2.07. The minimum absolute atomic E-state index is 0.738. The molecule has 0 saturated carbocycles. The Morgan fingerprint density at radius 3 is 2.61 bits per heavy atom. The highest BCUT2D eigenvalue weighted by molar-refractivity contribution is 6.31. The first-order valence-corrected chi connectivity index (χ1v) is 6.39. The molecule has 0 aliphatic rings. The van der Waals surface area contributed by atoms with E-state index >= 15 is 0 Å². The molecule has 0 spiro atoms. The van der Waals surface area contributed by atoms with Gasteiger partial charge < -0.3 is 0 Å². The van der Waals surface area contributed by atoms with Gasteiger partial charge in [0.05, 0.1) is 11.0 Å². The number of nitrogens with zero attached hydrogens (tertiary/aromatic N) is 2. The summed E-state index contributed by atoms with van der Waals surface area (Å²) in [5.41, 5.74) is 3.17. The number of halogens is 1. The number of aromatic nitrogens is 2. The third-order valence-electron chi connectivity index (χ3n) is 3.02. The van der Waals surface area contributed by atoms with Crippen molar-refractivity contribution in [2.75, 3.05) is 0 Å². The van der Waals surface area contributed by atoms with Crippen molar-refractivity contribution in [3.8, 4) is 5.69 Å². The monoisotopic (exact) mass is 256 g/mol. The van der Waals surface area contributed by atoms with Crippen molar-refractivity contribution in [3.05, 3.63) is 59.4 Å². The maximum Gasteiger partial charge on any atom is 0.114 e. The largest absolute Gasteiger partial charge is 0.296 e. The maximum absolute atomic E-state index is 6.09. The molecule has 0 aliphatic carbocycles. The van der Waals surface area contributed by atoms with Gasteiger partial charge in [0.1, 0.15) is 5.82 Å². The van der Waals surface area contributed by atoms with E-state index in [-0.39, 0.29) is 0 Å². The predicted molar refractivity (Wildman–Crippen MR) is 75.5 cm³/mol. The van der Waals surface area contributed by atoms with Crippen molar-refractivity contribution >= 4 is 22.6 Å². The molecule has 0 aliphatic heterocycles. The van der Waals surface area contributed by atoms with E-state index in [0.29, 0.717) is 0 Å². The fourth-order valence-electron chi connectivity index (χ4n) is 2.20. The standard InChI is InChI=1S/C15H13ClN2/c1-2-15-17-13-9-8-11(16)10-14(13)18(15)12-6-4-3-5-7-12/h3-10H,2H2,1H3. The van der Waals surface area contributed by atoms with Gasteiger partial charge in [0.25, 0.3) is 0 Å². The van der Waals surface area contributed by atoms with Gasteiger partial charge >= 0.3 is 0 Å². The van der Waals surface area contributed by atoms with Gasteiger partial charge in [-0.3, -0.25) is 4.57 Å². The molecular formula is C15H13ClN2. The van der Waals surface area contributed by atoms with E-state index in [9.17, 15) is 0 Å². The van der Waals surface area contributed by atoms with Gasteiger partial charge in [-0.05, 0) is 30.3 Å². The summed E-state index contributed by atoms with van der Waals surface area (Å²) in [6, 6.07) is 16.1. The van der Waals surface area contributed by atoms with Crippen LogP contribution >= 0.6 is 11.6 Å². The second kappa shape index (κ2) is 4.46. The predicted octanol–water partition coefficient (Wildman–Crippen LogP) is 4.24. The van der Waals surface area contributed by atoms with E-state index < -0.39 is 0 Å². The Bertz CT molecular complexity index is 686. The molecule has 3 rings (SSSR count). The van der Waals surface area contributed by atoms with Crippen molar-refractivity contribution in [1.82, 2.24) is 9.55 Å². The van der Waals surface area contributed by atoms with E-state index in [0.717, 1.165) is 34.0 Å². The van der Waals surface area contributed by atoms with Crippen LogP contribution in [0.15, 0.2) is 48.5 Å². The minimum atomic E-state index is 0.738. The number of aryl methyl sites for hydroxylation is 1. The Labute approximate surface area is 111 Å². The van der Waals surface area contributed by atoms with Crippen molar-refractivity contribution < 1.29 is 0 Å². The molecule has 0 saturated heterocycles. The Kier molecular flexibility index (Phi) is 2.80. The van der Waals surface area contributed by atoms with E-state index in [4.69, 9.17) is 11.6 Å². The van der Waals surface area contributed by atoms with Crippen LogP contribution in [-0.2, 0) is 6.42 Å². The first-order valence-electron chi connectivity index (χ1n) is 6.02. The average Bonchev–Trinajstić information content (AvgIpc) is 2.77. The van der Waals surface area contributed by atoms with Gasteiger partial charge in [-0.2, -0.15) is 0 Å². The zero-order chi connectivity index (χ0) is 12.5. The summed E-state index contributed by atoms with van der Waals surface area (Å²) < 4.78 is 2.17. The molecule has 2 aromatic carbocycles. The Morgan fingerprint density at radius 1 is 1.11 bits per heavy atom. The van der Waals surface area contributed by atoms with Crippen LogP contribution in [0.1, 0.15) is 12.7 Å². The smallest absolute Gasteiger partial charge is 0.114 e. The summed E-state index contributed by atoms with van der Waals surface area (Å²) in [4.78, 5) is 4.65. The van der Waals surface area contributed by atoms with E-state index in [2.05, 4.69) is 28.6 Å². The molecule has 3 heteroatoms. The van der Waals surface area contributed by atoms with Crippen LogP contribution in [0.5, 0.6) is 0 Å². The number of fused-ring (bicyclic) bond motifs is 1. The van der Waals surface area contributed by atoms with Crippen molar-refractivity contribution in [2.45, 2.75) is 13.3 Å². The van der Waals surface area contributed by atoms with Gasteiger partial charge in [0, 0.05) is 17.1 Å². The lowest BCUT2D eigenvalue weighted by molar-refractivity contribution is 0.908. The number of imidazole rings is 1. The highest BCUT2D eigenvalue weighted by atomic mass is 35.5. The Hall–Kier alpha value is -1.80. The summed E-state index contributed by atoms with van der Waals surface area (Å²) in [5.74, 6) is 1.05. The highest BCUT2D eigenvalue weighted by Crippen LogP contribution is 2.24. The minimum Gasteiger partial charge on any atom is -0.296 e. The Balaban J connectivity index is 2.35. The number of rotatable bonds is 2. The molecule has 0 fully saturated rings. The van der Waals surface area contributed by atoms with Crippen LogP contribution in [0, 0.1) is 0 Å². The lowest BCUT2D eigenvalue weighted by atomic mass is 10.2. The summed E-state index contributed by atoms with van der Waals surface area (Å²) in [5, 5.41) is 0.738. The van der Waals surface area contributed by atoms with Gasteiger partial charge in [0.15, 0.2) is 0 Å². The third kappa shape index (κ3) is 1.79. The molecule has 1 heterocycles. The molecule has 0 unspecified atom stereocenters. The van der Waals surface area contributed by atoms with Crippen LogP contribution in [0.25, 0.3) is 16.7 Å². The van der Waals surface area contributed by atoms with Crippen molar-refractivity contribution in [1.29, 1.82) is 0 Å². The highest BCUT2D eigenvalue weighted by Gasteiger charge is 2.10. The molecule has 1 aromatic heterocycles. The zero-order valence-electron chi connectivity index (χ0n) is 10.1. The number of hydrogen-bond acceptors (Lipinski definition) is 1. The van der Waals surface area contributed by atoms with Gasteiger partial charge in [-0.15, -0.1) is 0 Å². The maximum atomic E-state index is 6.09. The van der Waals surface area contributed by atoms with Crippen LogP contribution in [-0.4, -0.2) is 9.55 Å². The molecular weight excluding hydrogens is 244 g/mol. The summed E-state index contributed by atoms with van der Waals surface area (Å²) in [6.45, 7) is 2.11. The van der Waals surface area contributed by atoms with Gasteiger partial charge in [-0.1, -0.05) is 36.7 Å². The lowest BCUT2D eigenvalue weighted by Crippen LogP contribution is -1.99. The molecule has 18 heavy (non-hydrogen) atoms. The quantitative estimate of drug-likeness (QED) is 0.671. The molecule has 3 aromatic rings. The number of benzene rings is 2. The number of hydrogen-bond donors (Lipinski definition) is 0. The van der Waals surface area contributed by atoms with E-state index in [1.54, 1.807) is 0 Å². The SMILES string of the molecule is CCc1nc2ccc(Cl)cc2n1-c1ccccc1. The summed E-state index contributed by atoms with van der Waals surface area (Å²) >= 11 is 6.09. The van der Waals surface area contributed by atoms with Crippen molar-refractivity contribution in [3.63, 3.8) is 0 Å². The Morgan fingerprint density at radius 2 is 1.89 bits per heavy atom. The van der Waals surface area contributed by atoms with Crippen LogP contribution in [0.3, 0.4) is 0 Å². The number of para-hydroxylation sites is 1. The van der Waals surface area contributed by atoms with Gasteiger partial charge in [0.2, 0.25) is 0 Å². The van der Waals surface area contributed by atoms with Crippen LogP contribution in [0.2, 0.25) is 5.02 Å². The third-order valence-corrected chi connectivity index (χ3v) is 3.25. The molecule has 0 N–H and O–H groups in total. The van der Waals surface area contributed by atoms with Crippen LogP contribution < -0.4 is 0 Å². The first kappa shape index (κ1) is 11.3. The van der Waals surface area contributed by atoms with E-state index in [1.807, 2.05) is 36.4 Å². The zero-order valence-corrected chi connectivity index (χ0v) is 10.9. The molecule has 0 amide bonds. The average molecular weight is 257 g/mol. The molecule has 0 bridgehead atoms. The topological polar surface area (TPSA) is 17.8 Å². The molecule has 0 atom stereocenters. The normalized spacial score (nSPS) is 11.0.